The maximum absolute atomic E-state index is 12.8. The fraction of sp³-hybridized carbons (Fsp3) is 0.273. The van der Waals surface area contributed by atoms with Crippen molar-refractivity contribution in [3.8, 4) is 16.3 Å². The molecule has 0 bridgehead atoms. The quantitative estimate of drug-likeness (QED) is 0.531. The van der Waals surface area contributed by atoms with Crippen LogP contribution < -0.4 is 4.74 Å². The first kappa shape index (κ1) is 21.1. The summed E-state index contributed by atoms with van der Waals surface area (Å²) in [4.78, 5) is 21.7. The van der Waals surface area contributed by atoms with Crippen LogP contribution in [0.3, 0.4) is 0 Å². The largest absolute Gasteiger partial charge is 0.497 e. The zero-order valence-corrected chi connectivity index (χ0v) is 18.8. The molecule has 0 atom stereocenters. The highest BCUT2D eigenvalue weighted by Gasteiger charge is 2.24. The van der Waals surface area contributed by atoms with Crippen LogP contribution in [0, 0.1) is 0 Å². The topological polar surface area (TPSA) is 45.7 Å². The SMILES string of the molecule is COc1ccc(-c2nc(CN3CCN(C(=O)c4cccc(Cl)c4Cl)CC3)cs2)cc1. The lowest BCUT2D eigenvalue weighted by Crippen LogP contribution is -2.48. The number of amides is 1. The maximum Gasteiger partial charge on any atom is 0.255 e. The Bertz CT molecular complexity index is 1030. The van der Waals surface area contributed by atoms with Crippen molar-refractivity contribution in [3.05, 3.63) is 69.1 Å². The number of carbonyl (C=O) groups is 1. The van der Waals surface area contributed by atoms with Gasteiger partial charge in [0.15, 0.2) is 0 Å². The molecule has 2 heterocycles. The van der Waals surface area contributed by atoms with Gasteiger partial charge in [0.05, 0.1) is 28.4 Å². The molecule has 0 saturated carbocycles. The molecular formula is C22H21Cl2N3O2S. The summed E-state index contributed by atoms with van der Waals surface area (Å²) < 4.78 is 5.21. The van der Waals surface area contributed by atoms with Gasteiger partial charge in [-0.05, 0) is 36.4 Å². The van der Waals surface area contributed by atoms with E-state index in [1.807, 2.05) is 29.2 Å². The van der Waals surface area contributed by atoms with Gasteiger partial charge in [-0.1, -0.05) is 29.3 Å². The second-order valence-corrected chi connectivity index (χ2v) is 8.69. The number of benzene rings is 2. The third-order valence-electron chi connectivity index (χ3n) is 5.12. The van der Waals surface area contributed by atoms with E-state index in [2.05, 4.69) is 10.3 Å². The molecule has 1 saturated heterocycles. The number of piperazine rings is 1. The van der Waals surface area contributed by atoms with Crippen LogP contribution in [-0.4, -0.2) is 54.0 Å². The summed E-state index contributed by atoms with van der Waals surface area (Å²) in [5, 5.41) is 3.82. The summed E-state index contributed by atoms with van der Waals surface area (Å²) in [5.74, 6) is 0.764. The van der Waals surface area contributed by atoms with E-state index in [0.29, 0.717) is 28.7 Å². The third-order valence-corrected chi connectivity index (χ3v) is 6.87. The number of rotatable bonds is 5. The molecule has 0 spiro atoms. The van der Waals surface area contributed by atoms with Gasteiger partial charge in [0.2, 0.25) is 0 Å². The van der Waals surface area contributed by atoms with Gasteiger partial charge in [-0.15, -0.1) is 11.3 Å². The Labute approximate surface area is 189 Å². The van der Waals surface area contributed by atoms with Crippen molar-refractivity contribution >= 4 is 40.4 Å². The van der Waals surface area contributed by atoms with Crippen LogP contribution in [0.2, 0.25) is 10.0 Å². The fourth-order valence-corrected chi connectivity index (χ4v) is 4.62. The van der Waals surface area contributed by atoms with E-state index < -0.39 is 0 Å². The monoisotopic (exact) mass is 461 g/mol. The molecule has 0 radical (unpaired) electrons. The highest BCUT2D eigenvalue weighted by molar-refractivity contribution is 7.13. The first-order valence-electron chi connectivity index (χ1n) is 9.59. The normalized spacial score (nSPS) is 14.7. The van der Waals surface area contributed by atoms with Crippen molar-refractivity contribution in [3.63, 3.8) is 0 Å². The van der Waals surface area contributed by atoms with Gasteiger partial charge in [-0.25, -0.2) is 4.98 Å². The van der Waals surface area contributed by atoms with Crippen molar-refractivity contribution in [1.29, 1.82) is 0 Å². The molecule has 2 aromatic carbocycles. The van der Waals surface area contributed by atoms with Crippen LogP contribution in [-0.2, 0) is 6.54 Å². The highest BCUT2D eigenvalue weighted by atomic mass is 35.5. The van der Waals surface area contributed by atoms with Gasteiger partial charge >= 0.3 is 0 Å². The Morgan fingerprint density at radius 3 is 2.53 bits per heavy atom. The van der Waals surface area contributed by atoms with E-state index in [4.69, 9.17) is 32.9 Å². The van der Waals surface area contributed by atoms with E-state index in [1.54, 1.807) is 36.6 Å². The number of halogens is 2. The van der Waals surface area contributed by atoms with E-state index in [9.17, 15) is 4.79 Å². The third kappa shape index (κ3) is 4.62. The summed E-state index contributed by atoms with van der Waals surface area (Å²) in [6, 6.07) is 13.1. The van der Waals surface area contributed by atoms with E-state index >= 15 is 0 Å². The lowest BCUT2D eigenvalue weighted by atomic mass is 10.1. The van der Waals surface area contributed by atoms with Crippen LogP contribution >= 0.6 is 34.5 Å². The lowest BCUT2D eigenvalue weighted by Gasteiger charge is -2.34. The molecule has 1 amide bonds. The molecule has 3 aromatic rings. The highest BCUT2D eigenvalue weighted by Crippen LogP contribution is 2.28. The van der Waals surface area contributed by atoms with E-state index in [0.717, 1.165) is 41.6 Å². The molecule has 1 aliphatic rings. The number of carbonyl (C=O) groups excluding carboxylic acids is 1. The average molecular weight is 462 g/mol. The number of nitrogens with zero attached hydrogens (tertiary/aromatic N) is 3. The Kier molecular flexibility index (Phi) is 6.58. The molecule has 1 aliphatic heterocycles. The summed E-state index contributed by atoms with van der Waals surface area (Å²) in [5.41, 5.74) is 2.59. The van der Waals surface area contributed by atoms with E-state index in [-0.39, 0.29) is 5.91 Å². The molecule has 156 valence electrons. The molecule has 0 unspecified atom stereocenters. The van der Waals surface area contributed by atoms with Crippen molar-refractivity contribution in [2.75, 3.05) is 33.3 Å². The lowest BCUT2D eigenvalue weighted by molar-refractivity contribution is 0.0627. The molecular weight excluding hydrogens is 441 g/mol. The minimum absolute atomic E-state index is 0.0717. The molecule has 30 heavy (non-hydrogen) atoms. The molecule has 0 N–H and O–H groups in total. The molecule has 1 fully saturated rings. The van der Waals surface area contributed by atoms with Crippen LogP contribution in [0.25, 0.3) is 10.6 Å². The first-order valence-corrected chi connectivity index (χ1v) is 11.2. The molecule has 8 heteroatoms. The van der Waals surface area contributed by atoms with Gasteiger partial charge in [0, 0.05) is 43.7 Å². The van der Waals surface area contributed by atoms with Gasteiger partial charge in [0.1, 0.15) is 10.8 Å². The zero-order chi connectivity index (χ0) is 21.1. The number of thiazole rings is 1. The van der Waals surface area contributed by atoms with Crippen LogP contribution in [0.1, 0.15) is 16.1 Å². The Morgan fingerprint density at radius 2 is 1.83 bits per heavy atom. The fourth-order valence-electron chi connectivity index (χ4n) is 3.42. The maximum atomic E-state index is 12.8. The predicted octanol–water partition coefficient (Wildman–Crippen LogP) is 5.08. The van der Waals surface area contributed by atoms with Crippen LogP contribution in [0.5, 0.6) is 5.75 Å². The molecule has 5 nitrogen and oxygen atoms in total. The zero-order valence-electron chi connectivity index (χ0n) is 16.5. The standard InChI is InChI=1S/C22H21Cl2N3O2S/c1-29-17-7-5-15(6-8-17)21-25-16(14-30-21)13-26-9-11-27(12-10-26)22(28)18-3-2-4-19(23)20(18)24/h2-8,14H,9-13H2,1H3. The Morgan fingerprint density at radius 1 is 1.10 bits per heavy atom. The predicted molar refractivity (Wildman–Crippen MR) is 122 cm³/mol. The van der Waals surface area contributed by atoms with Crippen molar-refractivity contribution in [2.45, 2.75) is 6.54 Å². The smallest absolute Gasteiger partial charge is 0.255 e. The second-order valence-electron chi connectivity index (χ2n) is 7.04. The van der Waals surface area contributed by atoms with Crippen molar-refractivity contribution in [1.82, 2.24) is 14.8 Å². The minimum atomic E-state index is -0.0717. The van der Waals surface area contributed by atoms with E-state index in [1.165, 1.54) is 0 Å². The Hall–Kier alpha value is -2.12. The molecule has 1 aromatic heterocycles. The molecule has 0 aliphatic carbocycles. The average Bonchev–Trinajstić information content (AvgIpc) is 3.24. The van der Waals surface area contributed by atoms with Crippen molar-refractivity contribution < 1.29 is 9.53 Å². The van der Waals surface area contributed by atoms with Crippen LogP contribution in [0.15, 0.2) is 47.8 Å². The van der Waals surface area contributed by atoms with Gasteiger partial charge in [-0.2, -0.15) is 0 Å². The Balaban J connectivity index is 1.34. The number of hydrogen-bond donors (Lipinski definition) is 0. The summed E-state index contributed by atoms with van der Waals surface area (Å²) >= 11 is 13.9. The molecule has 4 rings (SSSR count). The second kappa shape index (κ2) is 9.35. The summed E-state index contributed by atoms with van der Waals surface area (Å²) in [6.07, 6.45) is 0. The van der Waals surface area contributed by atoms with Gasteiger partial charge < -0.3 is 9.64 Å². The first-order chi connectivity index (χ1) is 14.5. The minimum Gasteiger partial charge on any atom is -0.497 e. The van der Waals surface area contributed by atoms with Crippen molar-refractivity contribution in [2.24, 2.45) is 0 Å². The van der Waals surface area contributed by atoms with Gasteiger partial charge in [-0.3, -0.25) is 9.69 Å². The van der Waals surface area contributed by atoms with Crippen LogP contribution in [0.4, 0.5) is 0 Å². The number of ether oxygens (including phenoxy) is 1. The van der Waals surface area contributed by atoms with Gasteiger partial charge in [0.25, 0.3) is 5.91 Å². The summed E-state index contributed by atoms with van der Waals surface area (Å²) in [6.45, 7) is 3.65. The number of methoxy groups -OCH3 is 1. The number of aromatic nitrogens is 1. The summed E-state index contributed by atoms with van der Waals surface area (Å²) in [7, 11) is 1.66. The number of hydrogen-bond acceptors (Lipinski definition) is 5.